The summed E-state index contributed by atoms with van der Waals surface area (Å²) in [6.45, 7) is 4.00. The van der Waals surface area contributed by atoms with Crippen LogP contribution in [0.4, 0.5) is 0 Å². The fourth-order valence-corrected chi connectivity index (χ4v) is 0.672. The fraction of sp³-hybridized carbons (Fsp3) is 1.00. The zero-order chi connectivity index (χ0) is 7.86. The largest absolute Gasteiger partial charge is 0.326 e. The summed E-state index contributed by atoms with van der Waals surface area (Å²) in [6, 6.07) is 0. The first-order valence-corrected chi connectivity index (χ1v) is 4.79. The molecule has 0 aromatic heterocycles. The summed E-state index contributed by atoms with van der Waals surface area (Å²) in [4.78, 5) is 15.4. The van der Waals surface area contributed by atoms with Gasteiger partial charge in [0, 0.05) is 59.1 Å². The molecule has 0 saturated heterocycles. The molecule has 2 radical (unpaired) electrons. The summed E-state index contributed by atoms with van der Waals surface area (Å²) in [7, 11) is -6.40. The van der Waals surface area contributed by atoms with E-state index in [9.17, 15) is 9.13 Å². The van der Waals surface area contributed by atoms with Gasteiger partial charge in [0.25, 0.3) is 0 Å². The Hall–Kier alpha value is 2.34. The summed E-state index contributed by atoms with van der Waals surface area (Å²) in [5.74, 6) is 0. The van der Waals surface area contributed by atoms with Gasteiger partial charge in [-0.15, -0.1) is 0 Å². The van der Waals surface area contributed by atoms with E-state index in [0.29, 0.717) is 0 Å². The predicted octanol–water partition coefficient (Wildman–Crippen LogP) is 0.0316. The van der Waals surface area contributed by atoms with Crippen molar-refractivity contribution in [2.24, 2.45) is 0 Å². The molecule has 0 fully saturated rings. The van der Waals surface area contributed by atoms with Crippen molar-refractivity contribution in [3.63, 3.8) is 0 Å². The predicted molar refractivity (Wildman–Crippen MR) is 46.4 cm³/mol. The number of rotatable bonds is 2. The van der Waals surface area contributed by atoms with E-state index in [-0.39, 0.29) is 59.1 Å². The van der Waals surface area contributed by atoms with Crippen molar-refractivity contribution >= 4 is 75.6 Å². The molecule has 60 valence electrons. The van der Waals surface area contributed by atoms with Gasteiger partial charge in [-0.3, -0.25) is 9.13 Å². The Morgan fingerprint density at radius 2 is 1.18 bits per heavy atom. The van der Waals surface area contributed by atoms with Gasteiger partial charge in [0.2, 0.25) is 0 Å². The molecule has 0 rings (SSSR count). The molecule has 0 saturated carbocycles. The van der Waals surface area contributed by atoms with Crippen LogP contribution in [-0.2, 0) is 13.4 Å². The quantitative estimate of drug-likeness (QED) is 0.508. The van der Waals surface area contributed by atoms with E-state index < -0.39 is 16.5 Å². The topological polar surface area (TPSA) is 83.8 Å². The van der Waals surface area contributed by atoms with Crippen molar-refractivity contribution < 1.29 is 23.2 Å². The standard InChI is InChI=1S/C2H6.2Na.H4O5P2/c1-2;;;1-6(2)5-7(3)4/h1-2H3;;;6-7H,(H,1,2)(H,3,4). The van der Waals surface area contributed by atoms with Crippen molar-refractivity contribution in [3.8, 4) is 0 Å². The Bertz CT molecular complexity index is 96.7. The van der Waals surface area contributed by atoms with E-state index in [0.717, 1.165) is 0 Å². The molecule has 0 aliphatic heterocycles. The van der Waals surface area contributed by atoms with E-state index >= 15 is 0 Å². The van der Waals surface area contributed by atoms with Gasteiger partial charge in [0.1, 0.15) is 0 Å². The van der Waals surface area contributed by atoms with Gasteiger partial charge in [0.05, 0.1) is 0 Å². The average Bonchev–Trinajstić information content (AvgIpc) is 1.68. The molecule has 0 aromatic carbocycles. The first-order chi connectivity index (χ1) is 4.13. The molecule has 0 amide bonds. The molecule has 0 spiro atoms. The number of hydrogen-bond acceptors (Lipinski definition) is 3. The molecule has 11 heavy (non-hydrogen) atoms. The van der Waals surface area contributed by atoms with Gasteiger partial charge in [-0.2, -0.15) is 0 Å². The van der Waals surface area contributed by atoms with Crippen molar-refractivity contribution in [2.75, 3.05) is 0 Å². The van der Waals surface area contributed by atoms with Crippen LogP contribution in [0.25, 0.3) is 0 Å². The Kier molecular flexibility index (Phi) is 38.5. The third-order valence-electron chi connectivity index (χ3n) is 0.175. The third-order valence-corrected chi connectivity index (χ3v) is 1.57. The molecule has 0 bridgehead atoms. The first-order valence-electron chi connectivity index (χ1n) is 2.26. The van der Waals surface area contributed by atoms with Gasteiger partial charge in [0.15, 0.2) is 0 Å². The molecule has 9 heteroatoms. The molecule has 0 aromatic rings. The van der Waals surface area contributed by atoms with Gasteiger partial charge in [-0.05, 0) is 0 Å². The van der Waals surface area contributed by atoms with Crippen molar-refractivity contribution in [3.05, 3.63) is 0 Å². The van der Waals surface area contributed by atoms with Gasteiger partial charge in [-0.25, -0.2) is 4.31 Å². The Labute approximate surface area is 111 Å². The van der Waals surface area contributed by atoms with Crippen molar-refractivity contribution in [2.45, 2.75) is 13.8 Å². The second-order valence-corrected chi connectivity index (χ2v) is 2.51. The summed E-state index contributed by atoms with van der Waals surface area (Å²) in [5, 5.41) is 0. The average molecular weight is 222 g/mol. The van der Waals surface area contributed by atoms with Crippen LogP contribution in [0.15, 0.2) is 0 Å². The smallest absolute Gasteiger partial charge is 0.323 e. The second kappa shape index (κ2) is 18.2. The van der Waals surface area contributed by atoms with Crippen LogP contribution >= 0.6 is 16.5 Å². The minimum absolute atomic E-state index is 0. The summed E-state index contributed by atoms with van der Waals surface area (Å²) >= 11 is 0. The minimum Gasteiger partial charge on any atom is -0.326 e. The van der Waals surface area contributed by atoms with Crippen molar-refractivity contribution in [1.29, 1.82) is 0 Å². The Morgan fingerprint density at radius 3 is 1.18 bits per heavy atom. The molecule has 0 aliphatic rings. The van der Waals surface area contributed by atoms with Gasteiger partial charge >= 0.3 is 16.5 Å². The Balaban J connectivity index is -0.0000000564. The molecular weight excluding hydrogens is 212 g/mol. The van der Waals surface area contributed by atoms with E-state index in [1.807, 2.05) is 13.8 Å². The van der Waals surface area contributed by atoms with Gasteiger partial charge in [-0.1, -0.05) is 13.8 Å². The van der Waals surface area contributed by atoms with Crippen LogP contribution in [0.3, 0.4) is 0 Å². The third kappa shape index (κ3) is 32.8. The second-order valence-electron chi connectivity index (χ2n) is 0.634. The monoisotopic (exact) mass is 222 g/mol. The molecular formula is C2H10Na2O5P2. The normalized spacial score (nSPS) is 12.4. The first kappa shape index (κ1) is 23.3. The molecule has 2 unspecified atom stereocenters. The number of hydrogen-bond donors (Lipinski definition) is 2. The molecule has 5 nitrogen and oxygen atoms in total. The summed E-state index contributed by atoms with van der Waals surface area (Å²) in [5.41, 5.74) is 0. The van der Waals surface area contributed by atoms with E-state index in [1.54, 1.807) is 0 Å². The van der Waals surface area contributed by atoms with Crippen LogP contribution < -0.4 is 0 Å². The maximum atomic E-state index is 9.44. The molecule has 2 atom stereocenters. The Morgan fingerprint density at radius 1 is 1.00 bits per heavy atom. The van der Waals surface area contributed by atoms with Crippen molar-refractivity contribution in [1.82, 2.24) is 0 Å². The maximum absolute atomic E-state index is 9.44. The molecule has 0 aliphatic carbocycles. The van der Waals surface area contributed by atoms with E-state index in [1.165, 1.54) is 0 Å². The zero-order valence-corrected chi connectivity index (χ0v) is 13.1. The SMILES string of the molecule is CC.O=[PH](O)O[PH](=O)O.[Na].[Na]. The minimum atomic E-state index is -3.20. The van der Waals surface area contributed by atoms with E-state index in [2.05, 4.69) is 4.31 Å². The molecule has 2 N–H and O–H groups in total. The maximum Gasteiger partial charge on any atom is 0.323 e. The van der Waals surface area contributed by atoms with Gasteiger partial charge < -0.3 is 9.79 Å². The van der Waals surface area contributed by atoms with Crippen LogP contribution in [0, 0.1) is 0 Å². The van der Waals surface area contributed by atoms with Crippen LogP contribution in [0.1, 0.15) is 13.8 Å². The van der Waals surface area contributed by atoms with Crippen LogP contribution in [0.5, 0.6) is 0 Å². The summed E-state index contributed by atoms with van der Waals surface area (Å²) in [6.07, 6.45) is 0. The summed E-state index contributed by atoms with van der Waals surface area (Å²) < 4.78 is 22.3. The van der Waals surface area contributed by atoms with Crippen LogP contribution in [0.2, 0.25) is 0 Å². The van der Waals surface area contributed by atoms with E-state index in [4.69, 9.17) is 9.79 Å². The van der Waals surface area contributed by atoms with Crippen LogP contribution in [-0.4, -0.2) is 68.9 Å². The fourth-order valence-electron chi connectivity index (χ4n) is 0.0747. The molecule has 0 heterocycles. The zero-order valence-electron chi connectivity index (χ0n) is 7.12.